The van der Waals surface area contributed by atoms with Crippen molar-refractivity contribution in [2.45, 2.75) is 32.6 Å². The van der Waals surface area contributed by atoms with E-state index >= 15 is 0 Å². The van der Waals surface area contributed by atoms with Crippen LogP contribution in [0, 0.1) is 6.92 Å². The summed E-state index contributed by atoms with van der Waals surface area (Å²) in [4.78, 5) is 14.6. The molecule has 1 aromatic heterocycles. The van der Waals surface area contributed by atoms with Crippen LogP contribution in [0.5, 0.6) is 5.75 Å². The number of hydrogen-bond donors (Lipinski definition) is 0. The van der Waals surface area contributed by atoms with Crippen LogP contribution in [-0.4, -0.2) is 77.7 Å². The third-order valence-electron chi connectivity index (χ3n) is 6.21. The SMILES string of the molecule is COC(=O)C1CN(Cc2cn(Cc3ccc(C)cc3)nn2)CCS(=O)(=O)N1Cc1ccc(OC)cc1. The minimum absolute atomic E-state index is 0.0622. The maximum absolute atomic E-state index is 13.2. The zero-order valence-electron chi connectivity index (χ0n) is 20.7. The Balaban J connectivity index is 1.50. The molecule has 36 heavy (non-hydrogen) atoms. The van der Waals surface area contributed by atoms with E-state index in [1.54, 1.807) is 36.1 Å². The smallest absolute Gasteiger partial charge is 0.325 e. The highest BCUT2D eigenvalue weighted by atomic mass is 32.2. The first-order valence-electron chi connectivity index (χ1n) is 11.6. The van der Waals surface area contributed by atoms with Gasteiger partial charge in [0.05, 0.1) is 38.4 Å². The second-order valence-corrected chi connectivity index (χ2v) is 10.9. The number of carbonyl (C=O) groups is 1. The molecule has 0 bridgehead atoms. The molecule has 0 N–H and O–H groups in total. The van der Waals surface area contributed by atoms with Gasteiger partial charge in [0.15, 0.2) is 0 Å². The molecule has 1 aliphatic rings. The van der Waals surface area contributed by atoms with Crippen LogP contribution in [0.15, 0.2) is 54.7 Å². The molecule has 192 valence electrons. The van der Waals surface area contributed by atoms with Gasteiger partial charge in [-0.25, -0.2) is 13.1 Å². The molecule has 4 rings (SSSR count). The number of sulfonamides is 1. The van der Waals surface area contributed by atoms with E-state index in [-0.39, 0.29) is 25.4 Å². The molecule has 10 nitrogen and oxygen atoms in total. The molecule has 0 amide bonds. The molecule has 0 aliphatic carbocycles. The number of ether oxygens (including phenoxy) is 2. The summed E-state index contributed by atoms with van der Waals surface area (Å²) in [6, 6.07) is 14.3. The van der Waals surface area contributed by atoms with Gasteiger partial charge < -0.3 is 9.47 Å². The van der Waals surface area contributed by atoms with Crippen LogP contribution in [0.3, 0.4) is 0 Å². The maximum atomic E-state index is 13.2. The second kappa shape index (κ2) is 11.2. The summed E-state index contributed by atoms with van der Waals surface area (Å²) >= 11 is 0. The first kappa shape index (κ1) is 25.8. The van der Waals surface area contributed by atoms with Gasteiger partial charge in [0.25, 0.3) is 0 Å². The second-order valence-electron chi connectivity index (χ2n) is 8.88. The number of benzene rings is 2. The van der Waals surface area contributed by atoms with E-state index in [1.807, 2.05) is 18.0 Å². The number of carbonyl (C=O) groups excluding carboxylic acids is 1. The molecule has 1 atom stereocenters. The molecular formula is C25H31N5O5S. The molecule has 1 aliphatic heterocycles. The third kappa shape index (κ3) is 6.28. The molecule has 3 aromatic rings. The highest BCUT2D eigenvalue weighted by Crippen LogP contribution is 2.22. The van der Waals surface area contributed by atoms with Crippen molar-refractivity contribution in [1.82, 2.24) is 24.2 Å². The summed E-state index contributed by atoms with van der Waals surface area (Å²) in [5.74, 6) is -0.0423. The van der Waals surface area contributed by atoms with Crippen LogP contribution in [-0.2, 0) is 39.2 Å². The van der Waals surface area contributed by atoms with Gasteiger partial charge in [-0.15, -0.1) is 5.10 Å². The molecule has 11 heteroatoms. The minimum atomic E-state index is -3.72. The highest BCUT2D eigenvalue weighted by molar-refractivity contribution is 7.89. The molecule has 2 aromatic carbocycles. The molecule has 1 saturated heterocycles. The van der Waals surface area contributed by atoms with E-state index in [1.165, 1.54) is 17.0 Å². The molecule has 0 radical (unpaired) electrons. The lowest BCUT2D eigenvalue weighted by atomic mass is 10.1. The predicted octanol–water partition coefficient (Wildman–Crippen LogP) is 1.83. The van der Waals surface area contributed by atoms with Crippen LogP contribution in [0.2, 0.25) is 0 Å². The van der Waals surface area contributed by atoms with Gasteiger partial charge >= 0.3 is 5.97 Å². The zero-order valence-corrected chi connectivity index (χ0v) is 21.5. The summed E-state index contributed by atoms with van der Waals surface area (Å²) in [6.45, 7) is 3.51. The van der Waals surface area contributed by atoms with Gasteiger partial charge in [-0.3, -0.25) is 9.69 Å². The van der Waals surface area contributed by atoms with E-state index in [2.05, 4.69) is 34.6 Å². The van der Waals surface area contributed by atoms with E-state index < -0.39 is 22.0 Å². The Labute approximate surface area is 211 Å². The number of aromatic nitrogens is 3. The lowest BCUT2D eigenvalue weighted by Gasteiger charge is -2.28. The molecule has 0 spiro atoms. The summed E-state index contributed by atoms with van der Waals surface area (Å²) in [7, 11) is -0.887. The van der Waals surface area contributed by atoms with Gasteiger partial charge in [0.1, 0.15) is 11.8 Å². The maximum Gasteiger partial charge on any atom is 0.325 e. The third-order valence-corrected chi connectivity index (χ3v) is 8.01. The van der Waals surface area contributed by atoms with E-state index in [4.69, 9.17) is 9.47 Å². The van der Waals surface area contributed by atoms with Crippen LogP contribution in [0.25, 0.3) is 0 Å². The minimum Gasteiger partial charge on any atom is -0.497 e. The number of methoxy groups -OCH3 is 2. The molecule has 1 unspecified atom stereocenters. The molecule has 1 fully saturated rings. The fourth-order valence-corrected chi connectivity index (χ4v) is 5.78. The van der Waals surface area contributed by atoms with Crippen molar-refractivity contribution in [3.05, 3.63) is 77.1 Å². The predicted molar refractivity (Wildman–Crippen MR) is 134 cm³/mol. The fourth-order valence-electron chi connectivity index (χ4n) is 4.17. The van der Waals surface area contributed by atoms with Crippen molar-refractivity contribution in [1.29, 1.82) is 0 Å². The Bertz CT molecular complexity index is 1270. The Hall–Kier alpha value is -3.28. The monoisotopic (exact) mass is 513 g/mol. The van der Waals surface area contributed by atoms with Crippen LogP contribution < -0.4 is 4.74 Å². The topological polar surface area (TPSA) is 107 Å². The van der Waals surface area contributed by atoms with E-state index in [9.17, 15) is 13.2 Å². The number of esters is 1. The summed E-state index contributed by atoms with van der Waals surface area (Å²) < 4.78 is 39.6. The van der Waals surface area contributed by atoms with Gasteiger partial charge in [0, 0.05) is 26.2 Å². The lowest BCUT2D eigenvalue weighted by molar-refractivity contribution is -0.145. The van der Waals surface area contributed by atoms with Gasteiger partial charge in [-0.1, -0.05) is 47.2 Å². The van der Waals surface area contributed by atoms with Crippen molar-refractivity contribution in [2.24, 2.45) is 0 Å². The number of hydrogen-bond acceptors (Lipinski definition) is 8. The molecular weight excluding hydrogens is 482 g/mol. The lowest BCUT2D eigenvalue weighted by Crippen LogP contribution is -2.48. The number of nitrogens with zero attached hydrogens (tertiary/aromatic N) is 5. The van der Waals surface area contributed by atoms with Gasteiger partial charge in [-0.05, 0) is 30.2 Å². The standard InChI is InChI=1S/C25H31N5O5S/c1-19-4-6-20(7-5-19)14-29-17-22(26-27-29)16-28-12-13-36(32,33)30(24(18-28)25(31)35-3)15-21-8-10-23(34-2)11-9-21/h4-11,17,24H,12-16,18H2,1-3H3. The fraction of sp³-hybridized carbons (Fsp3) is 0.400. The average molecular weight is 514 g/mol. The average Bonchev–Trinajstić information content (AvgIpc) is 3.27. The van der Waals surface area contributed by atoms with Crippen molar-refractivity contribution in [3.63, 3.8) is 0 Å². The van der Waals surface area contributed by atoms with Crippen LogP contribution in [0.1, 0.15) is 22.4 Å². The van der Waals surface area contributed by atoms with E-state index in [0.29, 0.717) is 24.5 Å². The summed E-state index contributed by atoms with van der Waals surface area (Å²) in [5.41, 5.74) is 3.75. The summed E-state index contributed by atoms with van der Waals surface area (Å²) in [6.07, 6.45) is 1.85. The van der Waals surface area contributed by atoms with Crippen LogP contribution >= 0.6 is 0 Å². The Kier molecular flexibility index (Phi) is 8.02. The quantitative estimate of drug-likeness (QED) is 0.420. The summed E-state index contributed by atoms with van der Waals surface area (Å²) in [5, 5.41) is 8.48. The first-order valence-corrected chi connectivity index (χ1v) is 13.3. The van der Waals surface area contributed by atoms with E-state index in [0.717, 1.165) is 11.1 Å². The van der Waals surface area contributed by atoms with Gasteiger partial charge in [-0.2, -0.15) is 4.31 Å². The van der Waals surface area contributed by atoms with Crippen molar-refractivity contribution < 1.29 is 22.7 Å². The van der Waals surface area contributed by atoms with Gasteiger partial charge in [0.2, 0.25) is 10.0 Å². The largest absolute Gasteiger partial charge is 0.497 e. The number of aryl methyl sites for hydroxylation is 1. The van der Waals surface area contributed by atoms with Crippen LogP contribution in [0.4, 0.5) is 0 Å². The van der Waals surface area contributed by atoms with Crippen molar-refractivity contribution in [2.75, 3.05) is 33.1 Å². The highest BCUT2D eigenvalue weighted by Gasteiger charge is 2.40. The Morgan fingerprint density at radius 3 is 2.33 bits per heavy atom. The molecule has 2 heterocycles. The number of rotatable bonds is 8. The Morgan fingerprint density at radius 1 is 1.00 bits per heavy atom. The normalized spacial score (nSPS) is 18.5. The van der Waals surface area contributed by atoms with Crippen molar-refractivity contribution in [3.8, 4) is 5.75 Å². The van der Waals surface area contributed by atoms with Crippen molar-refractivity contribution >= 4 is 16.0 Å². The molecule has 0 saturated carbocycles. The Morgan fingerprint density at radius 2 is 1.67 bits per heavy atom. The first-order chi connectivity index (χ1) is 17.3. The zero-order chi connectivity index (χ0) is 25.7.